The van der Waals surface area contributed by atoms with Crippen LogP contribution in [0.5, 0.6) is 0 Å². The second-order valence-electron chi connectivity index (χ2n) is 4.17. The third-order valence-electron chi connectivity index (χ3n) is 2.40. The molecule has 0 saturated carbocycles. The van der Waals surface area contributed by atoms with Crippen LogP contribution >= 0.6 is 0 Å². The summed E-state index contributed by atoms with van der Waals surface area (Å²) >= 11 is 0.0932. The topological polar surface area (TPSA) is 159 Å². The number of amides is 2. The van der Waals surface area contributed by atoms with Gasteiger partial charge in [-0.05, 0) is 0 Å². The summed E-state index contributed by atoms with van der Waals surface area (Å²) in [5.41, 5.74) is 5.27. The fourth-order valence-electron chi connectivity index (χ4n) is 1.31. The summed E-state index contributed by atoms with van der Waals surface area (Å²) in [5.74, 6) is -1.57. The van der Waals surface area contributed by atoms with Crippen molar-refractivity contribution in [2.75, 3.05) is 6.54 Å². The van der Waals surface area contributed by atoms with Gasteiger partial charge in [0.1, 0.15) is 0 Å². The first kappa shape index (κ1) is 19.4. The second kappa shape index (κ2) is 10.1. The Balaban J connectivity index is 4.35. The quantitative estimate of drug-likeness (QED) is 0.280. The summed E-state index contributed by atoms with van der Waals surface area (Å²) in [5, 5.41) is 22.1. The molecule has 1 unspecified atom stereocenters. The number of nitrogens with two attached hydrogens (primary N) is 1. The van der Waals surface area contributed by atoms with Crippen LogP contribution in [-0.4, -0.2) is 67.6 Å². The summed E-state index contributed by atoms with van der Waals surface area (Å²) in [6.07, 6.45) is -0.158. The molecule has 0 spiro atoms. The SMILES string of the molecule is C[Se]C[C@H](NC(=O)CCC(N)C(=O)O)C(=O)NCC(=O)O. The summed E-state index contributed by atoms with van der Waals surface area (Å²) in [6.45, 7) is -0.522. The number of hydrogen-bond donors (Lipinski definition) is 5. The molecule has 0 aromatic carbocycles. The van der Waals surface area contributed by atoms with E-state index >= 15 is 0 Å². The molecular weight excluding hydrogens is 349 g/mol. The standard InChI is InChI=1S/C11H19N3O6Se/c1-21-5-7(10(18)13-4-9(16)17)14-8(15)3-2-6(12)11(19)20/h6-7H,2-5,12H2,1H3,(H,13,18)(H,14,15)(H,16,17)(H,19,20)/t6?,7-/m0/s1. The maximum absolute atomic E-state index is 11.7. The van der Waals surface area contributed by atoms with E-state index < -0.39 is 42.4 Å². The van der Waals surface area contributed by atoms with Crippen molar-refractivity contribution in [1.82, 2.24) is 10.6 Å². The number of carbonyl (C=O) groups is 4. The molecule has 0 aliphatic heterocycles. The molecular formula is C11H19N3O6Se. The van der Waals surface area contributed by atoms with Gasteiger partial charge in [0.2, 0.25) is 0 Å². The van der Waals surface area contributed by atoms with Gasteiger partial charge in [-0.25, -0.2) is 0 Å². The van der Waals surface area contributed by atoms with Crippen LogP contribution in [0.4, 0.5) is 0 Å². The summed E-state index contributed by atoms with van der Waals surface area (Å²) in [4.78, 5) is 44.3. The second-order valence-corrected chi connectivity index (χ2v) is 6.08. The molecule has 0 saturated heterocycles. The van der Waals surface area contributed by atoms with Crippen LogP contribution in [-0.2, 0) is 19.2 Å². The van der Waals surface area contributed by atoms with E-state index in [4.69, 9.17) is 15.9 Å². The van der Waals surface area contributed by atoms with E-state index in [0.29, 0.717) is 5.32 Å². The molecule has 0 heterocycles. The van der Waals surface area contributed by atoms with Gasteiger partial charge in [-0.1, -0.05) is 0 Å². The Hall–Kier alpha value is -1.64. The van der Waals surface area contributed by atoms with Crippen molar-refractivity contribution in [1.29, 1.82) is 0 Å². The monoisotopic (exact) mass is 369 g/mol. The number of carboxylic acids is 2. The molecule has 9 nitrogen and oxygen atoms in total. The van der Waals surface area contributed by atoms with Crippen molar-refractivity contribution in [3.8, 4) is 0 Å². The first-order valence-corrected chi connectivity index (χ1v) is 8.96. The molecule has 2 atom stereocenters. The van der Waals surface area contributed by atoms with Crippen molar-refractivity contribution in [2.45, 2.75) is 36.1 Å². The maximum atomic E-state index is 11.7. The average Bonchev–Trinajstić information content (AvgIpc) is 2.41. The zero-order valence-electron chi connectivity index (χ0n) is 11.5. The van der Waals surface area contributed by atoms with Gasteiger partial charge >= 0.3 is 127 Å². The van der Waals surface area contributed by atoms with Crippen LogP contribution in [0.15, 0.2) is 0 Å². The van der Waals surface area contributed by atoms with Gasteiger partial charge in [0.05, 0.1) is 0 Å². The number of nitrogens with one attached hydrogen (secondary N) is 2. The molecule has 0 aromatic heterocycles. The fourth-order valence-corrected chi connectivity index (χ4v) is 2.50. The molecule has 120 valence electrons. The third kappa shape index (κ3) is 9.00. The Morgan fingerprint density at radius 2 is 1.86 bits per heavy atom. The zero-order valence-corrected chi connectivity index (χ0v) is 13.2. The van der Waals surface area contributed by atoms with Gasteiger partial charge in [-0.15, -0.1) is 0 Å². The Bertz CT molecular complexity index is 403. The molecule has 0 rings (SSSR count). The van der Waals surface area contributed by atoms with Crippen molar-refractivity contribution in [3.63, 3.8) is 0 Å². The first-order valence-electron chi connectivity index (χ1n) is 6.04. The Kier molecular flexibility index (Phi) is 9.35. The third-order valence-corrected chi connectivity index (χ3v) is 3.80. The Labute approximate surface area is 127 Å². The summed E-state index contributed by atoms with van der Waals surface area (Å²) in [7, 11) is 0. The van der Waals surface area contributed by atoms with Crippen molar-refractivity contribution < 1.29 is 29.4 Å². The van der Waals surface area contributed by atoms with Gasteiger partial charge in [0.25, 0.3) is 0 Å². The number of carboxylic acid groups (broad SMARTS) is 2. The molecule has 0 radical (unpaired) electrons. The summed E-state index contributed by atoms with van der Waals surface area (Å²) in [6, 6.07) is -1.95. The van der Waals surface area contributed by atoms with E-state index in [1.54, 1.807) is 0 Å². The molecule has 6 N–H and O–H groups in total. The molecule has 0 aliphatic carbocycles. The predicted molar refractivity (Wildman–Crippen MR) is 73.8 cm³/mol. The molecule has 0 aliphatic rings. The molecule has 0 fully saturated rings. The van der Waals surface area contributed by atoms with Gasteiger partial charge in [-0.3, -0.25) is 0 Å². The number of carbonyl (C=O) groups excluding carboxylic acids is 2. The van der Waals surface area contributed by atoms with Crippen LogP contribution < -0.4 is 16.4 Å². The molecule has 2 amide bonds. The van der Waals surface area contributed by atoms with Crippen molar-refractivity contribution >= 4 is 38.7 Å². The van der Waals surface area contributed by atoms with Crippen LogP contribution in [0.3, 0.4) is 0 Å². The number of rotatable bonds is 10. The van der Waals surface area contributed by atoms with Crippen molar-refractivity contribution in [2.24, 2.45) is 5.73 Å². The Morgan fingerprint density at radius 3 is 2.33 bits per heavy atom. The average molecular weight is 368 g/mol. The van der Waals surface area contributed by atoms with Crippen LogP contribution in [0.25, 0.3) is 0 Å². The van der Waals surface area contributed by atoms with E-state index in [9.17, 15) is 19.2 Å². The zero-order chi connectivity index (χ0) is 16.4. The molecule has 0 bridgehead atoms. The molecule has 10 heteroatoms. The van der Waals surface area contributed by atoms with Gasteiger partial charge in [0, 0.05) is 0 Å². The normalized spacial score (nSPS) is 13.0. The number of aliphatic carboxylic acids is 2. The first-order chi connectivity index (χ1) is 9.77. The van der Waals surface area contributed by atoms with Gasteiger partial charge in [0.15, 0.2) is 0 Å². The van der Waals surface area contributed by atoms with Crippen LogP contribution in [0, 0.1) is 0 Å². The van der Waals surface area contributed by atoms with Crippen molar-refractivity contribution in [3.05, 3.63) is 0 Å². The minimum atomic E-state index is -1.20. The van der Waals surface area contributed by atoms with Gasteiger partial charge < -0.3 is 0 Å². The minimum absolute atomic E-state index is 0.0398. The predicted octanol–water partition coefficient (Wildman–Crippen LogP) is -1.97. The van der Waals surface area contributed by atoms with E-state index in [-0.39, 0.29) is 27.8 Å². The summed E-state index contributed by atoms with van der Waals surface area (Å²) < 4.78 is 0. The number of hydrogen-bond acceptors (Lipinski definition) is 5. The molecule has 21 heavy (non-hydrogen) atoms. The van der Waals surface area contributed by atoms with Gasteiger partial charge in [-0.2, -0.15) is 0 Å². The fraction of sp³-hybridized carbons (Fsp3) is 0.636. The van der Waals surface area contributed by atoms with E-state index in [2.05, 4.69) is 10.6 Å². The van der Waals surface area contributed by atoms with E-state index in [1.165, 1.54) is 0 Å². The van der Waals surface area contributed by atoms with Crippen LogP contribution in [0.2, 0.25) is 11.1 Å². The van der Waals surface area contributed by atoms with Crippen LogP contribution in [0.1, 0.15) is 12.8 Å². The van der Waals surface area contributed by atoms with E-state index in [0.717, 1.165) is 0 Å². The molecule has 0 aromatic rings. The Morgan fingerprint density at radius 1 is 1.24 bits per heavy atom. The van der Waals surface area contributed by atoms with E-state index in [1.807, 2.05) is 5.82 Å².